The zero-order valence-electron chi connectivity index (χ0n) is 14.3. The first-order valence-electron chi connectivity index (χ1n) is 8.98. The summed E-state index contributed by atoms with van der Waals surface area (Å²) in [6.45, 7) is 4.53. The van der Waals surface area contributed by atoms with Gasteiger partial charge in [0.1, 0.15) is 0 Å². The van der Waals surface area contributed by atoms with E-state index in [4.69, 9.17) is 0 Å². The molecule has 1 fully saturated rings. The highest BCUT2D eigenvalue weighted by Crippen LogP contribution is 2.17. The highest BCUT2D eigenvalue weighted by atomic mass is 16.1. The van der Waals surface area contributed by atoms with Gasteiger partial charge in [-0.25, -0.2) is 4.98 Å². The van der Waals surface area contributed by atoms with Crippen molar-refractivity contribution < 1.29 is 0 Å². The van der Waals surface area contributed by atoms with Crippen LogP contribution in [-0.2, 0) is 19.5 Å². The third kappa shape index (κ3) is 3.88. The fourth-order valence-corrected chi connectivity index (χ4v) is 3.62. The van der Waals surface area contributed by atoms with Crippen molar-refractivity contribution in [3.8, 4) is 0 Å². The SMILES string of the molecule is O=c1[nH]c(NC2CCN(Cc3cccnc3)CC2)nc2c1CCNC2. The number of pyridine rings is 1. The molecule has 0 bridgehead atoms. The Morgan fingerprint density at radius 2 is 2.20 bits per heavy atom. The van der Waals surface area contributed by atoms with E-state index in [1.165, 1.54) is 5.56 Å². The highest BCUT2D eigenvalue weighted by molar-refractivity contribution is 5.32. The van der Waals surface area contributed by atoms with E-state index in [9.17, 15) is 4.79 Å². The van der Waals surface area contributed by atoms with Gasteiger partial charge in [-0.1, -0.05) is 6.07 Å². The highest BCUT2D eigenvalue weighted by Gasteiger charge is 2.21. The molecule has 2 aliphatic heterocycles. The molecule has 0 aromatic carbocycles. The van der Waals surface area contributed by atoms with Crippen LogP contribution in [0, 0.1) is 0 Å². The summed E-state index contributed by atoms with van der Waals surface area (Å²) in [6.07, 6.45) is 6.57. The second kappa shape index (κ2) is 7.33. The van der Waals surface area contributed by atoms with Gasteiger partial charge in [0.05, 0.1) is 5.69 Å². The monoisotopic (exact) mass is 340 g/mol. The van der Waals surface area contributed by atoms with Crippen molar-refractivity contribution in [2.75, 3.05) is 25.0 Å². The van der Waals surface area contributed by atoms with E-state index in [1.807, 2.05) is 18.5 Å². The average molecular weight is 340 g/mol. The van der Waals surface area contributed by atoms with Crippen LogP contribution in [0.5, 0.6) is 0 Å². The predicted molar refractivity (Wildman–Crippen MR) is 96.4 cm³/mol. The largest absolute Gasteiger partial charge is 0.353 e. The van der Waals surface area contributed by atoms with E-state index in [2.05, 4.69) is 36.6 Å². The Hall–Kier alpha value is -2.25. The second-order valence-corrected chi connectivity index (χ2v) is 6.82. The van der Waals surface area contributed by atoms with E-state index in [0.29, 0.717) is 18.5 Å². The van der Waals surface area contributed by atoms with Crippen LogP contribution in [-0.4, -0.2) is 45.5 Å². The van der Waals surface area contributed by atoms with Crippen molar-refractivity contribution >= 4 is 5.95 Å². The molecular formula is C18H24N6O. The summed E-state index contributed by atoms with van der Waals surface area (Å²) in [5, 5.41) is 6.70. The summed E-state index contributed by atoms with van der Waals surface area (Å²) in [7, 11) is 0. The molecule has 0 unspecified atom stereocenters. The van der Waals surface area contributed by atoms with Crippen LogP contribution in [0.1, 0.15) is 29.7 Å². The predicted octanol–water partition coefficient (Wildman–Crippen LogP) is 0.887. The van der Waals surface area contributed by atoms with Crippen LogP contribution in [0.3, 0.4) is 0 Å². The lowest BCUT2D eigenvalue weighted by Gasteiger charge is -2.32. The van der Waals surface area contributed by atoms with Gasteiger partial charge in [0.2, 0.25) is 5.95 Å². The summed E-state index contributed by atoms with van der Waals surface area (Å²) in [5.41, 5.74) is 2.97. The number of rotatable bonds is 4. The molecule has 3 N–H and O–H groups in total. The van der Waals surface area contributed by atoms with Crippen molar-refractivity contribution in [3.05, 3.63) is 51.7 Å². The number of aromatic nitrogens is 3. The first-order valence-corrected chi connectivity index (χ1v) is 8.98. The van der Waals surface area contributed by atoms with Gasteiger partial charge in [-0.3, -0.25) is 19.7 Å². The van der Waals surface area contributed by atoms with E-state index in [-0.39, 0.29) is 5.56 Å². The summed E-state index contributed by atoms with van der Waals surface area (Å²) >= 11 is 0. The Bertz CT molecular complexity index is 767. The normalized spacial score (nSPS) is 18.7. The van der Waals surface area contributed by atoms with Crippen LogP contribution in [0.15, 0.2) is 29.3 Å². The zero-order valence-corrected chi connectivity index (χ0v) is 14.3. The number of H-pyrrole nitrogens is 1. The molecule has 0 radical (unpaired) electrons. The van der Waals surface area contributed by atoms with Crippen molar-refractivity contribution in [1.82, 2.24) is 25.2 Å². The van der Waals surface area contributed by atoms with Gasteiger partial charge < -0.3 is 10.6 Å². The number of nitrogens with zero attached hydrogens (tertiary/aromatic N) is 3. The first kappa shape index (κ1) is 16.2. The minimum absolute atomic E-state index is 0.00279. The molecule has 0 spiro atoms. The fourth-order valence-electron chi connectivity index (χ4n) is 3.62. The van der Waals surface area contributed by atoms with Gasteiger partial charge in [-0.05, 0) is 37.4 Å². The number of nitrogens with one attached hydrogen (secondary N) is 3. The second-order valence-electron chi connectivity index (χ2n) is 6.82. The topological polar surface area (TPSA) is 85.9 Å². The van der Waals surface area contributed by atoms with Crippen LogP contribution in [0.4, 0.5) is 5.95 Å². The molecular weight excluding hydrogens is 316 g/mol. The van der Waals surface area contributed by atoms with Crippen molar-refractivity contribution in [2.45, 2.75) is 38.4 Å². The quantitative estimate of drug-likeness (QED) is 0.766. The third-order valence-electron chi connectivity index (χ3n) is 5.00. The van der Waals surface area contributed by atoms with Crippen LogP contribution >= 0.6 is 0 Å². The summed E-state index contributed by atoms with van der Waals surface area (Å²) in [5.74, 6) is 0.609. The number of piperidine rings is 1. The molecule has 132 valence electrons. The molecule has 25 heavy (non-hydrogen) atoms. The Balaban J connectivity index is 1.34. The van der Waals surface area contributed by atoms with Gasteiger partial charge in [-0.15, -0.1) is 0 Å². The van der Waals surface area contributed by atoms with Crippen LogP contribution in [0.25, 0.3) is 0 Å². The minimum Gasteiger partial charge on any atom is -0.353 e. The van der Waals surface area contributed by atoms with Crippen LogP contribution < -0.4 is 16.2 Å². The molecule has 2 aliphatic rings. The van der Waals surface area contributed by atoms with Crippen LogP contribution in [0.2, 0.25) is 0 Å². The number of hydrogen-bond donors (Lipinski definition) is 3. The maximum absolute atomic E-state index is 12.2. The van der Waals surface area contributed by atoms with Gasteiger partial charge in [0.25, 0.3) is 5.56 Å². The molecule has 1 saturated heterocycles. The zero-order chi connectivity index (χ0) is 17.1. The van der Waals surface area contributed by atoms with Gasteiger partial charge >= 0.3 is 0 Å². The molecule has 2 aromatic rings. The lowest BCUT2D eigenvalue weighted by molar-refractivity contribution is 0.211. The van der Waals surface area contributed by atoms with E-state index >= 15 is 0 Å². The number of likely N-dealkylation sites (tertiary alicyclic amines) is 1. The van der Waals surface area contributed by atoms with Gasteiger partial charge in [-0.2, -0.15) is 0 Å². The van der Waals surface area contributed by atoms with Crippen molar-refractivity contribution in [1.29, 1.82) is 0 Å². The molecule has 4 heterocycles. The van der Waals surface area contributed by atoms with Crippen molar-refractivity contribution in [3.63, 3.8) is 0 Å². The maximum atomic E-state index is 12.2. The van der Waals surface area contributed by atoms with Gasteiger partial charge in [0.15, 0.2) is 0 Å². The van der Waals surface area contributed by atoms with Crippen molar-refractivity contribution in [2.24, 2.45) is 0 Å². The molecule has 0 atom stereocenters. The number of anilines is 1. The Labute approximate surface area is 146 Å². The molecule has 0 saturated carbocycles. The number of hydrogen-bond acceptors (Lipinski definition) is 6. The lowest BCUT2D eigenvalue weighted by atomic mass is 10.0. The van der Waals surface area contributed by atoms with Gasteiger partial charge in [0, 0.05) is 50.2 Å². The Morgan fingerprint density at radius 3 is 3.00 bits per heavy atom. The van der Waals surface area contributed by atoms with E-state index in [0.717, 1.165) is 56.7 Å². The lowest BCUT2D eigenvalue weighted by Crippen LogP contribution is -2.39. The molecule has 4 rings (SSSR count). The summed E-state index contributed by atoms with van der Waals surface area (Å²) < 4.78 is 0. The molecule has 7 nitrogen and oxygen atoms in total. The smallest absolute Gasteiger partial charge is 0.255 e. The summed E-state index contributed by atoms with van der Waals surface area (Å²) in [4.78, 5) is 26.3. The summed E-state index contributed by atoms with van der Waals surface area (Å²) in [6, 6.07) is 4.45. The number of aromatic amines is 1. The fraction of sp³-hybridized carbons (Fsp3) is 0.500. The van der Waals surface area contributed by atoms with E-state index < -0.39 is 0 Å². The molecule has 0 amide bonds. The average Bonchev–Trinajstić information content (AvgIpc) is 2.64. The molecule has 7 heteroatoms. The Morgan fingerprint density at radius 1 is 1.32 bits per heavy atom. The first-order chi connectivity index (χ1) is 12.3. The standard InChI is InChI=1S/C18H24N6O/c25-17-15-3-7-20-11-16(15)22-18(23-17)21-14-4-8-24(9-5-14)12-13-2-1-6-19-10-13/h1-2,6,10,14,20H,3-5,7-9,11-12H2,(H2,21,22,23,25). The molecule has 2 aromatic heterocycles. The molecule has 0 aliphatic carbocycles. The minimum atomic E-state index is 0.00279. The third-order valence-corrected chi connectivity index (χ3v) is 5.00. The Kier molecular flexibility index (Phi) is 4.76. The number of fused-ring (bicyclic) bond motifs is 1. The maximum Gasteiger partial charge on any atom is 0.255 e. The van der Waals surface area contributed by atoms with E-state index in [1.54, 1.807) is 0 Å².